The summed E-state index contributed by atoms with van der Waals surface area (Å²) in [5.41, 5.74) is 4.56. The fourth-order valence-electron chi connectivity index (χ4n) is 1.81. The Morgan fingerprint density at radius 1 is 1.29 bits per heavy atom. The third-order valence-electron chi connectivity index (χ3n) is 3.02. The lowest BCUT2D eigenvalue weighted by atomic mass is 10.0. The number of nitrogens with one attached hydrogen (secondary N) is 1. The van der Waals surface area contributed by atoms with Gasteiger partial charge in [0.1, 0.15) is 0 Å². The normalized spacial score (nSPS) is 12.3. The molecule has 0 aliphatic carbocycles. The van der Waals surface area contributed by atoms with E-state index in [-0.39, 0.29) is 11.5 Å². The Hall–Kier alpha value is -2.33. The Kier molecular flexibility index (Phi) is 4.95. The van der Waals surface area contributed by atoms with Crippen molar-refractivity contribution in [2.45, 2.75) is 12.8 Å². The number of carboxylic acid groups (broad SMARTS) is 1. The number of hydrazone groups is 1. The topological polar surface area (TPSA) is 61.7 Å². The van der Waals surface area contributed by atoms with Crippen LogP contribution in [0.2, 0.25) is 5.02 Å². The molecule has 0 fully saturated rings. The average Bonchev–Trinajstić information content (AvgIpc) is 2.49. The third kappa shape index (κ3) is 4.07. The minimum Gasteiger partial charge on any atom is -0.478 e. The molecular weight excluding hydrogens is 288 g/mol. The molecule has 5 heteroatoms. The fourth-order valence-corrected chi connectivity index (χ4v) is 1.97. The van der Waals surface area contributed by atoms with Gasteiger partial charge in [0.15, 0.2) is 0 Å². The summed E-state index contributed by atoms with van der Waals surface area (Å²) >= 11 is 6.00. The molecule has 108 valence electrons. The second-order valence-corrected chi connectivity index (χ2v) is 5.00. The molecule has 0 radical (unpaired) electrons. The van der Waals surface area contributed by atoms with Gasteiger partial charge in [-0.3, -0.25) is 5.43 Å². The summed E-state index contributed by atoms with van der Waals surface area (Å²) < 4.78 is 0. The van der Waals surface area contributed by atoms with Crippen molar-refractivity contribution >= 4 is 29.5 Å². The highest BCUT2D eigenvalue weighted by molar-refractivity contribution is 6.33. The number of hydrogen-bond donors (Lipinski definition) is 2. The maximum absolute atomic E-state index is 10.9. The number of benzene rings is 2. The highest BCUT2D eigenvalue weighted by Crippen LogP contribution is 2.23. The van der Waals surface area contributed by atoms with Crippen molar-refractivity contribution in [3.63, 3.8) is 0 Å². The van der Waals surface area contributed by atoms with Gasteiger partial charge in [-0.2, -0.15) is 5.10 Å². The van der Waals surface area contributed by atoms with Crippen molar-refractivity contribution in [3.8, 4) is 0 Å². The van der Waals surface area contributed by atoms with Crippen molar-refractivity contribution < 1.29 is 9.90 Å². The molecule has 1 atom stereocenters. The lowest BCUT2D eigenvalue weighted by Crippen LogP contribution is -2.00. The molecule has 0 aliphatic heterocycles. The molecule has 0 saturated carbocycles. The number of halogens is 1. The third-order valence-corrected chi connectivity index (χ3v) is 3.35. The fraction of sp³-hybridized carbons (Fsp3) is 0.125. The van der Waals surface area contributed by atoms with E-state index < -0.39 is 5.97 Å². The Morgan fingerprint density at radius 2 is 2.00 bits per heavy atom. The standard InChI is InChI=1S/C16H15ClN2O2/c1-11(12-5-3-2-4-6-12)10-18-19-15-9-13(16(20)21)7-8-14(15)17/h2-11,19H,1H3,(H,20,21)/b18-10-/t11-/m0/s1. The Bertz CT molecular complexity index is 657. The maximum atomic E-state index is 10.9. The van der Waals surface area contributed by atoms with Crippen LogP contribution in [0.25, 0.3) is 0 Å². The first-order chi connectivity index (χ1) is 10.1. The highest BCUT2D eigenvalue weighted by Gasteiger charge is 2.07. The van der Waals surface area contributed by atoms with E-state index in [2.05, 4.69) is 10.5 Å². The second kappa shape index (κ2) is 6.90. The van der Waals surface area contributed by atoms with Crippen LogP contribution in [-0.4, -0.2) is 17.3 Å². The van der Waals surface area contributed by atoms with Crippen LogP contribution in [0, 0.1) is 0 Å². The van der Waals surface area contributed by atoms with Gasteiger partial charge in [-0.15, -0.1) is 0 Å². The first kappa shape index (κ1) is 15.1. The van der Waals surface area contributed by atoms with E-state index in [0.29, 0.717) is 10.7 Å². The second-order valence-electron chi connectivity index (χ2n) is 4.59. The lowest BCUT2D eigenvalue weighted by molar-refractivity contribution is 0.0697. The minimum absolute atomic E-state index is 0.139. The predicted octanol–water partition coefficient (Wildman–Crippen LogP) is 4.24. The monoisotopic (exact) mass is 302 g/mol. The van der Waals surface area contributed by atoms with Crippen LogP contribution in [0.15, 0.2) is 53.6 Å². The van der Waals surface area contributed by atoms with Gasteiger partial charge in [0.2, 0.25) is 0 Å². The average molecular weight is 303 g/mol. The summed E-state index contributed by atoms with van der Waals surface area (Å²) in [6.45, 7) is 2.02. The van der Waals surface area contributed by atoms with Gasteiger partial charge in [0.05, 0.1) is 16.3 Å². The molecule has 4 nitrogen and oxygen atoms in total. The number of hydrogen-bond acceptors (Lipinski definition) is 3. The molecule has 0 unspecified atom stereocenters. The van der Waals surface area contributed by atoms with Crippen LogP contribution in [0.3, 0.4) is 0 Å². The Balaban J connectivity index is 2.07. The van der Waals surface area contributed by atoms with E-state index >= 15 is 0 Å². The Morgan fingerprint density at radius 3 is 2.67 bits per heavy atom. The number of nitrogens with zero attached hydrogens (tertiary/aromatic N) is 1. The van der Waals surface area contributed by atoms with E-state index in [1.54, 1.807) is 6.21 Å². The molecule has 0 saturated heterocycles. The van der Waals surface area contributed by atoms with Gasteiger partial charge in [0, 0.05) is 12.1 Å². The molecule has 2 N–H and O–H groups in total. The summed E-state index contributed by atoms with van der Waals surface area (Å²) in [5.74, 6) is -0.864. The largest absolute Gasteiger partial charge is 0.478 e. The van der Waals surface area contributed by atoms with Gasteiger partial charge in [-0.1, -0.05) is 48.9 Å². The quantitative estimate of drug-likeness (QED) is 0.641. The molecule has 0 aliphatic rings. The van der Waals surface area contributed by atoms with Crippen LogP contribution in [0.4, 0.5) is 5.69 Å². The van der Waals surface area contributed by atoms with E-state index in [1.807, 2.05) is 37.3 Å². The zero-order valence-corrected chi connectivity index (χ0v) is 12.2. The molecular formula is C16H15ClN2O2. The van der Waals surface area contributed by atoms with Crippen LogP contribution in [-0.2, 0) is 0 Å². The molecule has 21 heavy (non-hydrogen) atoms. The number of carbonyl (C=O) groups is 1. The van der Waals surface area contributed by atoms with Gasteiger partial charge in [0.25, 0.3) is 0 Å². The zero-order valence-electron chi connectivity index (χ0n) is 11.5. The van der Waals surface area contributed by atoms with Gasteiger partial charge >= 0.3 is 5.97 Å². The summed E-state index contributed by atoms with van der Waals surface area (Å²) in [6, 6.07) is 14.4. The van der Waals surface area contributed by atoms with E-state index in [1.165, 1.54) is 18.2 Å². The van der Waals surface area contributed by atoms with Crippen LogP contribution in [0.1, 0.15) is 28.8 Å². The van der Waals surface area contributed by atoms with Crippen LogP contribution in [0.5, 0.6) is 0 Å². The highest BCUT2D eigenvalue weighted by atomic mass is 35.5. The number of aromatic carboxylic acids is 1. The lowest BCUT2D eigenvalue weighted by Gasteiger charge is -2.07. The van der Waals surface area contributed by atoms with Crippen LogP contribution < -0.4 is 5.43 Å². The van der Waals surface area contributed by atoms with E-state index in [0.717, 1.165) is 5.56 Å². The van der Waals surface area contributed by atoms with E-state index in [9.17, 15) is 4.79 Å². The van der Waals surface area contributed by atoms with Crippen molar-refractivity contribution in [3.05, 3.63) is 64.7 Å². The van der Waals surface area contributed by atoms with Crippen molar-refractivity contribution in [2.75, 3.05) is 5.43 Å². The van der Waals surface area contributed by atoms with Gasteiger partial charge in [-0.05, 0) is 23.8 Å². The molecule has 0 heterocycles. The summed E-state index contributed by atoms with van der Waals surface area (Å²) in [6.07, 6.45) is 1.75. The van der Waals surface area contributed by atoms with Crippen molar-refractivity contribution in [2.24, 2.45) is 5.10 Å². The van der Waals surface area contributed by atoms with E-state index in [4.69, 9.17) is 16.7 Å². The predicted molar refractivity (Wildman–Crippen MR) is 85.4 cm³/mol. The minimum atomic E-state index is -1.00. The number of rotatable bonds is 5. The molecule has 2 rings (SSSR count). The smallest absolute Gasteiger partial charge is 0.335 e. The summed E-state index contributed by atoms with van der Waals surface area (Å²) in [7, 11) is 0. The Labute approximate surface area is 128 Å². The van der Waals surface area contributed by atoms with Crippen molar-refractivity contribution in [1.29, 1.82) is 0 Å². The molecule has 2 aromatic carbocycles. The maximum Gasteiger partial charge on any atom is 0.335 e. The van der Waals surface area contributed by atoms with Gasteiger partial charge in [-0.25, -0.2) is 4.79 Å². The molecule has 2 aromatic rings. The SMILES string of the molecule is C[C@@H](/C=N\Nc1cc(C(=O)O)ccc1Cl)c1ccccc1. The number of carboxylic acids is 1. The first-order valence-corrected chi connectivity index (χ1v) is 6.82. The number of anilines is 1. The van der Waals surface area contributed by atoms with Crippen molar-refractivity contribution in [1.82, 2.24) is 0 Å². The molecule has 0 aromatic heterocycles. The summed E-state index contributed by atoms with van der Waals surface area (Å²) in [5, 5.41) is 13.5. The molecule has 0 amide bonds. The van der Waals surface area contributed by atoms with Crippen LogP contribution >= 0.6 is 11.6 Å². The van der Waals surface area contributed by atoms with Gasteiger partial charge < -0.3 is 5.11 Å². The summed E-state index contributed by atoms with van der Waals surface area (Å²) in [4.78, 5) is 10.9. The zero-order chi connectivity index (χ0) is 15.2. The first-order valence-electron chi connectivity index (χ1n) is 6.45. The molecule has 0 spiro atoms. The molecule has 0 bridgehead atoms.